The Hall–Kier alpha value is -1.15. The van der Waals surface area contributed by atoms with Gasteiger partial charge in [0.05, 0.1) is 0 Å². The fourth-order valence-electron chi connectivity index (χ4n) is 2.21. The standard InChI is InChI=1S/C15H19ClO2/c1-3-5-6-11(4-2)12-9-14-15(10-13(12)16)18-8-7-17-14/h3,5,9-11H,4,6-8H2,1-2H3/b5-3-. The van der Waals surface area contributed by atoms with E-state index in [2.05, 4.69) is 19.1 Å². The molecule has 0 saturated carbocycles. The molecule has 2 nitrogen and oxygen atoms in total. The van der Waals surface area contributed by atoms with Crippen molar-refractivity contribution < 1.29 is 9.47 Å². The van der Waals surface area contributed by atoms with Crippen LogP contribution in [-0.4, -0.2) is 13.2 Å². The molecular formula is C15H19ClO2. The smallest absolute Gasteiger partial charge is 0.162 e. The van der Waals surface area contributed by atoms with E-state index in [1.807, 2.05) is 19.1 Å². The van der Waals surface area contributed by atoms with E-state index in [4.69, 9.17) is 21.1 Å². The van der Waals surface area contributed by atoms with Gasteiger partial charge in [0.2, 0.25) is 0 Å². The normalized spacial score (nSPS) is 15.9. The molecule has 1 aromatic rings. The zero-order valence-corrected chi connectivity index (χ0v) is 11.7. The molecule has 1 atom stereocenters. The van der Waals surface area contributed by atoms with Gasteiger partial charge in [0, 0.05) is 11.1 Å². The van der Waals surface area contributed by atoms with Gasteiger partial charge in [0.1, 0.15) is 13.2 Å². The molecule has 1 heterocycles. The van der Waals surface area contributed by atoms with Crippen molar-refractivity contribution in [1.29, 1.82) is 0 Å². The SMILES string of the molecule is C/C=C\CC(CC)c1cc2c(cc1Cl)OCCO2. The summed E-state index contributed by atoms with van der Waals surface area (Å²) in [6.45, 7) is 5.43. The average molecular weight is 267 g/mol. The van der Waals surface area contributed by atoms with Crippen LogP contribution in [0.5, 0.6) is 11.5 Å². The second kappa shape index (κ2) is 6.14. The fraction of sp³-hybridized carbons (Fsp3) is 0.467. The van der Waals surface area contributed by atoms with Crippen molar-refractivity contribution >= 4 is 11.6 Å². The van der Waals surface area contributed by atoms with Crippen LogP contribution in [0.3, 0.4) is 0 Å². The number of fused-ring (bicyclic) bond motifs is 1. The van der Waals surface area contributed by atoms with Crippen molar-refractivity contribution in [3.8, 4) is 11.5 Å². The van der Waals surface area contributed by atoms with Crippen molar-refractivity contribution in [2.45, 2.75) is 32.6 Å². The Kier molecular flexibility index (Phi) is 4.54. The van der Waals surface area contributed by atoms with Gasteiger partial charge in [-0.2, -0.15) is 0 Å². The number of hydrogen-bond donors (Lipinski definition) is 0. The lowest BCUT2D eigenvalue weighted by Gasteiger charge is -2.22. The van der Waals surface area contributed by atoms with Gasteiger partial charge in [-0.05, 0) is 37.3 Å². The van der Waals surface area contributed by atoms with E-state index in [1.165, 1.54) is 0 Å². The number of rotatable bonds is 4. The molecule has 0 fully saturated rings. The zero-order valence-electron chi connectivity index (χ0n) is 10.9. The molecule has 2 rings (SSSR count). The molecule has 0 amide bonds. The first-order chi connectivity index (χ1) is 8.76. The first-order valence-electron chi connectivity index (χ1n) is 6.46. The number of allylic oxidation sites excluding steroid dienone is 2. The summed E-state index contributed by atoms with van der Waals surface area (Å²) in [5.74, 6) is 2.01. The fourth-order valence-corrected chi connectivity index (χ4v) is 2.51. The predicted molar refractivity (Wildman–Crippen MR) is 74.9 cm³/mol. The monoisotopic (exact) mass is 266 g/mol. The van der Waals surface area contributed by atoms with Crippen LogP contribution in [-0.2, 0) is 0 Å². The van der Waals surface area contributed by atoms with E-state index < -0.39 is 0 Å². The summed E-state index contributed by atoms with van der Waals surface area (Å²) in [5.41, 5.74) is 1.15. The van der Waals surface area contributed by atoms with Gasteiger partial charge in [0.15, 0.2) is 11.5 Å². The van der Waals surface area contributed by atoms with Crippen LogP contribution in [0.15, 0.2) is 24.3 Å². The Morgan fingerprint density at radius 2 is 1.94 bits per heavy atom. The Bertz CT molecular complexity index is 440. The van der Waals surface area contributed by atoms with E-state index in [0.717, 1.165) is 34.9 Å². The highest BCUT2D eigenvalue weighted by atomic mass is 35.5. The highest BCUT2D eigenvalue weighted by Crippen LogP contribution is 2.40. The molecule has 0 N–H and O–H groups in total. The molecule has 0 aliphatic carbocycles. The van der Waals surface area contributed by atoms with Gasteiger partial charge < -0.3 is 9.47 Å². The van der Waals surface area contributed by atoms with E-state index in [9.17, 15) is 0 Å². The minimum Gasteiger partial charge on any atom is -0.486 e. The summed E-state index contributed by atoms with van der Waals surface area (Å²) in [6, 6.07) is 3.91. The van der Waals surface area contributed by atoms with Crippen LogP contribution in [0.2, 0.25) is 5.02 Å². The quantitative estimate of drug-likeness (QED) is 0.743. The maximum Gasteiger partial charge on any atom is 0.162 e. The first kappa shape index (κ1) is 13.3. The molecule has 3 heteroatoms. The lowest BCUT2D eigenvalue weighted by Crippen LogP contribution is -2.15. The highest BCUT2D eigenvalue weighted by molar-refractivity contribution is 6.31. The van der Waals surface area contributed by atoms with Gasteiger partial charge >= 0.3 is 0 Å². The Balaban J connectivity index is 2.31. The van der Waals surface area contributed by atoms with Gasteiger partial charge in [-0.1, -0.05) is 30.7 Å². The lowest BCUT2D eigenvalue weighted by molar-refractivity contribution is 0.171. The Morgan fingerprint density at radius 1 is 1.28 bits per heavy atom. The number of benzene rings is 1. The minimum atomic E-state index is 0.435. The van der Waals surface area contributed by atoms with Crippen molar-refractivity contribution in [1.82, 2.24) is 0 Å². The summed E-state index contributed by atoms with van der Waals surface area (Å²) in [6.07, 6.45) is 6.33. The first-order valence-corrected chi connectivity index (χ1v) is 6.84. The lowest BCUT2D eigenvalue weighted by atomic mass is 9.92. The molecule has 0 saturated heterocycles. The largest absolute Gasteiger partial charge is 0.486 e. The topological polar surface area (TPSA) is 18.5 Å². The summed E-state index contributed by atoms with van der Waals surface area (Å²) in [7, 11) is 0. The second-order valence-electron chi connectivity index (χ2n) is 4.43. The Labute approximate surface area is 114 Å². The predicted octanol–water partition coefficient (Wildman–Crippen LogP) is 4.57. The van der Waals surface area contributed by atoms with E-state index >= 15 is 0 Å². The summed E-state index contributed by atoms with van der Waals surface area (Å²) in [4.78, 5) is 0. The molecule has 0 spiro atoms. The maximum atomic E-state index is 6.35. The van der Waals surface area contributed by atoms with Gasteiger partial charge in [-0.25, -0.2) is 0 Å². The van der Waals surface area contributed by atoms with Crippen LogP contribution < -0.4 is 9.47 Å². The minimum absolute atomic E-state index is 0.435. The molecule has 1 aromatic carbocycles. The average Bonchev–Trinajstić information content (AvgIpc) is 2.40. The zero-order chi connectivity index (χ0) is 13.0. The number of ether oxygens (including phenoxy) is 2. The molecule has 1 aliphatic heterocycles. The third kappa shape index (κ3) is 2.81. The third-order valence-corrected chi connectivity index (χ3v) is 3.58. The summed E-state index contributed by atoms with van der Waals surface area (Å²) >= 11 is 6.35. The van der Waals surface area contributed by atoms with Crippen LogP contribution in [0.25, 0.3) is 0 Å². The molecular weight excluding hydrogens is 248 g/mol. The molecule has 98 valence electrons. The molecule has 0 radical (unpaired) electrons. The van der Waals surface area contributed by atoms with Crippen molar-refractivity contribution in [2.75, 3.05) is 13.2 Å². The molecule has 1 unspecified atom stereocenters. The maximum absolute atomic E-state index is 6.35. The number of hydrogen-bond acceptors (Lipinski definition) is 2. The summed E-state index contributed by atoms with van der Waals surface area (Å²) < 4.78 is 11.1. The second-order valence-corrected chi connectivity index (χ2v) is 4.83. The molecule has 18 heavy (non-hydrogen) atoms. The Morgan fingerprint density at radius 3 is 2.56 bits per heavy atom. The van der Waals surface area contributed by atoms with E-state index in [1.54, 1.807) is 0 Å². The molecule has 0 bridgehead atoms. The van der Waals surface area contributed by atoms with Crippen molar-refractivity contribution in [3.05, 3.63) is 34.9 Å². The molecule has 1 aliphatic rings. The molecule has 0 aromatic heterocycles. The summed E-state index contributed by atoms with van der Waals surface area (Å²) in [5, 5.41) is 0.774. The third-order valence-electron chi connectivity index (χ3n) is 3.25. The van der Waals surface area contributed by atoms with Crippen LogP contribution in [0, 0.1) is 0 Å². The van der Waals surface area contributed by atoms with Gasteiger partial charge in [-0.15, -0.1) is 0 Å². The van der Waals surface area contributed by atoms with Crippen molar-refractivity contribution in [3.63, 3.8) is 0 Å². The highest BCUT2D eigenvalue weighted by Gasteiger charge is 2.19. The van der Waals surface area contributed by atoms with Gasteiger partial charge in [0.25, 0.3) is 0 Å². The van der Waals surface area contributed by atoms with Crippen LogP contribution in [0.4, 0.5) is 0 Å². The van der Waals surface area contributed by atoms with E-state index in [0.29, 0.717) is 19.1 Å². The van der Waals surface area contributed by atoms with Gasteiger partial charge in [-0.3, -0.25) is 0 Å². The van der Waals surface area contributed by atoms with E-state index in [-0.39, 0.29) is 0 Å². The number of halogens is 1. The van der Waals surface area contributed by atoms with Crippen LogP contribution in [0.1, 0.15) is 38.2 Å². The van der Waals surface area contributed by atoms with Crippen LogP contribution >= 0.6 is 11.6 Å². The van der Waals surface area contributed by atoms with Crippen molar-refractivity contribution in [2.24, 2.45) is 0 Å².